The molecule has 0 aliphatic carbocycles. The Hall–Kier alpha value is -0.850. The molecule has 0 radical (unpaired) electrons. The second kappa shape index (κ2) is 1.95. The van der Waals surface area contributed by atoms with Crippen LogP contribution in [0.25, 0.3) is 0 Å². The molecule has 0 atom stereocenters. The van der Waals surface area contributed by atoms with Gasteiger partial charge in [-0.1, -0.05) is 0 Å². The fourth-order valence-corrected chi connectivity index (χ4v) is 0.393. The van der Waals surface area contributed by atoms with Crippen LogP contribution >= 0.6 is 0 Å². The third-order valence-electron chi connectivity index (χ3n) is 0.697. The van der Waals surface area contributed by atoms with Crippen LogP contribution in [-0.4, -0.2) is 4.98 Å². The van der Waals surface area contributed by atoms with Gasteiger partial charge in [-0.25, -0.2) is 0 Å². The number of hydrogen-bond donors (Lipinski definition) is 0. The van der Waals surface area contributed by atoms with Crippen LogP contribution in [0.3, 0.4) is 0 Å². The molecule has 1 nitrogen and oxygen atoms in total. The number of nitrogens with zero attached hydrogens (tertiary/aromatic N) is 1. The number of hydrogen-bond acceptors (Lipinski definition) is 1. The van der Waals surface area contributed by atoms with Crippen molar-refractivity contribution in [2.45, 2.75) is 13.7 Å². The summed E-state index contributed by atoms with van der Waals surface area (Å²) in [6.07, 6.45) is -0.352. The molecule has 0 fully saturated rings. The lowest BCUT2D eigenvalue weighted by Gasteiger charge is -1.90. The largest absolute Gasteiger partial charge is 0.262 e. The predicted octanol–water partition coefficient (Wildman–Crippen LogP) is 1.70. The maximum Gasteiger partial charge on any atom is 0.0840 e. The number of aryl methyl sites for hydroxylation is 2. The Morgan fingerprint density at radius 2 is 2.75 bits per heavy atom. The highest BCUT2D eigenvalue weighted by Crippen LogP contribution is 1.95. The molecule has 0 unspecified atom stereocenters. The molecule has 1 heteroatoms. The molecule has 8 heavy (non-hydrogen) atoms. The van der Waals surface area contributed by atoms with Crippen LogP contribution in [0.1, 0.15) is 20.9 Å². The Morgan fingerprint density at radius 1 is 1.75 bits per heavy atom. The minimum Gasteiger partial charge on any atom is -0.262 e. The van der Waals surface area contributed by atoms with Crippen LogP contribution in [0.2, 0.25) is 0 Å². The van der Waals surface area contributed by atoms with Gasteiger partial charge in [-0.15, -0.1) is 0 Å². The SMILES string of the molecule is [2H]c1cc(C([2H])([2H])[2H])cc(C([2H])([2H])[2H])n1. The summed E-state index contributed by atoms with van der Waals surface area (Å²) in [5.41, 5.74) is -0.533. The van der Waals surface area contributed by atoms with E-state index in [2.05, 4.69) is 4.98 Å². The molecule has 1 aromatic rings. The summed E-state index contributed by atoms with van der Waals surface area (Å²) in [7, 11) is 0. The molecule has 0 spiro atoms. The first-order valence-corrected chi connectivity index (χ1v) is 2.10. The molecule has 0 saturated heterocycles. The van der Waals surface area contributed by atoms with Gasteiger partial charge in [-0.2, -0.15) is 0 Å². The van der Waals surface area contributed by atoms with E-state index in [0.29, 0.717) is 0 Å². The summed E-state index contributed by atoms with van der Waals surface area (Å²) in [5, 5.41) is 0. The molecule has 0 aliphatic heterocycles. The van der Waals surface area contributed by atoms with Crippen molar-refractivity contribution in [1.29, 1.82) is 0 Å². The van der Waals surface area contributed by atoms with Gasteiger partial charge >= 0.3 is 0 Å². The molecule has 0 bridgehead atoms. The van der Waals surface area contributed by atoms with Gasteiger partial charge in [0.25, 0.3) is 0 Å². The Bertz CT molecular complexity index is 332. The highest BCUT2D eigenvalue weighted by Gasteiger charge is 1.82. The maximum atomic E-state index is 7.23. The molecule has 0 aliphatic rings. The topological polar surface area (TPSA) is 12.9 Å². The van der Waals surface area contributed by atoms with Crippen molar-refractivity contribution in [2.75, 3.05) is 0 Å². The van der Waals surface area contributed by atoms with Gasteiger partial charge in [0.05, 0.1) is 1.37 Å². The Labute approximate surface area is 59.2 Å². The zero-order valence-corrected chi connectivity index (χ0v) is 4.10. The van der Waals surface area contributed by atoms with Crippen molar-refractivity contribution in [1.82, 2.24) is 4.98 Å². The van der Waals surface area contributed by atoms with Crippen molar-refractivity contribution in [3.05, 3.63) is 29.6 Å². The van der Waals surface area contributed by atoms with E-state index in [9.17, 15) is 0 Å². The van der Waals surface area contributed by atoms with E-state index < -0.39 is 13.7 Å². The summed E-state index contributed by atoms with van der Waals surface area (Å²) in [5.74, 6) is 0. The second-order valence-electron chi connectivity index (χ2n) is 1.37. The van der Waals surface area contributed by atoms with Gasteiger partial charge in [0.1, 0.15) is 0 Å². The molecular formula is C7H9N. The first-order chi connectivity index (χ1) is 6.60. The highest BCUT2D eigenvalue weighted by molar-refractivity contribution is 5.12. The first kappa shape index (κ1) is 1.35. The van der Waals surface area contributed by atoms with Crippen LogP contribution in [0.15, 0.2) is 18.3 Å². The lowest BCUT2D eigenvalue weighted by atomic mass is 10.3. The third-order valence-corrected chi connectivity index (χ3v) is 0.697. The zero-order valence-electron chi connectivity index (χ0n) is 11.1. The molecule has 1 aromatic heterocycles. The smallest absolute Gasteiger partial charge is 0.0840 e. The van der Waals surface area contributed by atoms with Crippen LogP contribution in [0, 0.1) is 13.7 Å². The predicted molar refractivity (Wildman–Crippen MR) is 33.7 cm³/mol. The molecule has 0 N–H and O–H groups in total. The van der Waals surface area contributed by atoms with Gasteiger partial charge < -0.3 is 0 Å². The van der Waals surface area contributed by atoms with Crippen molar-refractivity contribution in [2.24, 2.45) is 0 Å². The molecular weight excluding hydrogens is 98.1 g/mol. The van der Waals surface area contributed by atoms with Crippen molar-refractivity contribution in [3.8, 4) is 0 Å². The van der Waals surface area contributed by atoms with E-state index in [-0.39, 0.29) is 17.4 Å². The Morgan fingerprint density at radius 3 is 3.50 bits per heavy atom. The Kier molecular flexibility index (Phi) is 0.329. The lowest BCUT2D eigenvalue weighted by molar-refractivity contribution is 1.18. The lowest BCUT2D eigenvalue weighted by Crippen LogP contribution is -1.78. The molecule has 42 valence electrons. The van der Waals surface area contributed by atoms with E-state index in [1.165, 1.54) is 0 Å². The quantitative estimate of drug-likeness (QED) is 0.500. The monoisotopic (exact) mass is 114 g/mol. The normalized spacial score (nSPS) is 25.2. The molecule has 0 saturated carbocycles. The number of rotatable bonds is 0. The molecule has 0 aromatic carbocycles. The highest BCUT2D eigenvalue weighted by atomic mass is 14.6. The summed E-state index contributed by atoms with van der Waals surface area (Å²) < 4.78 is 49.8. The zero-order chi connectivity index (χ0) is 11.9. The van der Waals surface area contributed by atoms with Crippen molar-refractivity contribution < 1.29 is 9.60 Å². The summed E-state index contributed by atoms with van der Waals surface area (Å²) in [6, 6.07) is 2.04. The van der Waals surface area contributed by atoms with Crippen molar-refractivity contribution in [3.63, 3.8) is 0 Å². The van der Waals surface area contributed by atoms with Crippen LogP contribution < -0.4 is 0 Å². The number of aromatic nitrogens is 1. The van der Waals surface area contributed by atoms with E-state index in [1.807, 2.05) is 0 Å². The fraction of sp³-hybridized carbons (Fsp3) is 0.286. The average Bonchev–Trinajstić information content (AvgIpc) is 1.99. The van der Waals surface area contributed by atoms with E-state index in [4.69, 9.17) is 9.60 Å². The summed E-state index contributed by atoms with van der Waals surface area (Å²) >= 11 is 0. The maximum absolute atomic E-state index is 7.23. The van der Waals surface area contributed by atoms with Gasteiger partial charge in [0.15, 0.2) is 0 Å². The third kappa shape index (κ3) is 1.06. The van der Waals surface area contributed by atoms with Crippen LogP contribution in [0.5, 0.6) is 0 Å². The second-order valence-corrected chi connectivity index (χ2v) is 1.37. The fourth-order valence-electron chi connectivity index (χ4n) is 0.393. The summed E-state index contributed by atoms with van der Waals surface area (Å²) in [6.45, 7) is -4.91. The minimum atomic E-state index is -2.49. The van der Waals surface area contributed by atoms with Gasteiger partial charge in [0, 0.05) is 20.1 Å². The van der Waals surface area contributed by atoms with Gasteiger partial charge in [-0.3, -0.25) is 4.98 Å². The Balaban J connectivity index is 3.30. The van der Waals surface area contributed by atoms with Crippen molar-refractivity contribution >= 4 is 0 Å². The van der Waals surface area contributed by atoms with E-state index >= 15 is 0 Å². The average molecular weight is 114 g/mol. The van der Waals surface area contributed by atoms with E-state index in [0.717, 1.165) is 12.1 Å². The molecule has 0 amide bonds. The van der Waals surface area contributed by atoms with Gasteiger partial charge in [0.2, 0.25) is 0 Å². The van der Waals surface area contributed by atoms with Gasteiger partial charge in [-0.05, 0) is 31.4 Å². The summed E-state index contributed by atoms with van der Waals surface area (Å²) in [4.78, 5) is 3.47. The van der Waals surface area contributed by atoms with E-state index in [1.54, 1.807) is 0 Å². The van der Waals surface area contributed by atoms with Crippen LogP contribution in [0.4, 0.5) is 0 Å². The molecule has 1 rings (SSSR count). The first-order valence-electron chi connectivity index (χ1n) is 5.60. The standard InChI is InChI=1S/C7H9N/c1-6-3-4-8-7(2)5-6/h3-5H,1-2H3/i1D3,2D3,4D. The molecule has 1 heterocycles. The number of pyridine rings is 1. The van der Waals surface area contributed by atoms with Crippen LogP contribution in [-0.2, 0) is 0 Å². The minimum absolute atomic E-state index is 0.173.